The van der Waals surface area contributed by atoms with E-state index in [0.29, 0.717) is 12.2 Å². The first-order valence-electron chi connectivity index (χ1n) is 4.51. The zero-order valence-corrected chi connectivity index (χ0v) is 7.91. The van der Waals surface area contributed by atoms with Gasteiger partial charge in [0.25, 0.3) is 0 Å². The van der Waals surface area contributed by atoms with E-state index >= 15 is 0 Å². The first-order valence-corrected chi connectivity index (χ1v) is 4.51. The van der Waals surface area contributed by atoms with Crippen molar-refractivity contribution in [2.24, 2.45) is 0 Å². The van der Waals surface area contributed by atoms with E-state index in [2.05, 4.69) is 0 Å². The highest BCUT2D eigenvalue weighted by Crippen LogP contribution is 2.21. The van der Waals surface area contributed by atoms with Gasteiger partial charge in [0.05, 0.1) is 12.2 Å². The van der Waals surface area contributed by atoms with E-state index in [-0.39, 0.29) is 5.90 Å². The van der Waals surface area contributed by atoms with Crippen LogP contribution in [0.1, 0.15) is 12.5 Å². The number of hydrogen-bond donors (Lipinski definition) is 1. The van der Waals surface area contributed by atoms with Crippen LogP contribution in [-0.4, -0.2) is 12.5 Å². The van der Waals surface area contributed by atoms with Crippen molar-refractivity contribution < 1.29 is 9.15 Å². The van der Waals surface area contributed by atoms with E-state index < -0.39 is 0 Å². The summed E-state index contributed by atoms with van der Waals surface area (Å²) in [5, 5.41) is 8.57. The van der Waals surface area contributed by atoms with Crippen LogP contribution in [0.4, 0.5) is 0 Å². The lowest BCUT2D eigenvalue weighted by Crippen LogP contribution is -2.03. The average Bonchev–Trinajstić information content (AvgIpc) is 2.61. The van der Waals surface area contributed by atoms with E-state index in [0.717, 1.165) is 11.0 Å². The van der Waals surface area contributed by atoms with Gasteiger partial charge in [-0.05, 0) is 13.0 Å². The first kappa shape index (κ1) is 8.81. The highest BCUT2D eigenvalue weighted by atomic mass is 16.5. The molecule has 0 fully saturated rings. The van der Waals surface area contributed by atoms with Gasteiger partial charge in [-0.25, -0.2) is 0 Å². The molecule has 0 unspecified atom stereocenters. The Morgan fingerprint density at radius 1 is 1.43 bits per heavy atom. The maximum absolute atomic E-state index is 7.65. The second kappa shape index (κ2) is 3.54. The Morgan fingerprint density at radius 2 is 2.21 bits per heavy atom. The molecule has 0 aliphatic rings. The van der Waals surface area contributed by atoms with E-state index in [4.69, 9.17) is 14.6 Å². The van der Waals surface area contributed by atoms with Crippen LogP contribution in [0, 0.1) is 5.41 Å². The molecule has 72 valence electrons. The molecule has 0 radical (unpaired) electrons. The summed E-state index contributed by atoms with van der Waals surface area (Å²) in [7, 11) is 0. The van der Waals surface area contributed by atoms with Crippen molar-refractivity contribution in [3.05, 3.63) is 36.1 Å². The van der Waals surface area contributed by atoms with Crippen LogP contribution < -0.4 is 0 Å². The molecule has 0 spiro atoms. The Kier molecular flexibility index (Phi) is 2.23. The number of furan rings is 1. The Bertz CT molecular complexity index is 459. The van der Waals surface area contributed by atoms with Gasteiger partial charge in [-0.1, -0.05) is 18.2 Å². The fraction of sp³-hybridized carbons (Fsp3) is 0.182. The number of hydrogen-bond acceptors (Lipinski definition) is 3. The van der Waals surface area contributed by atoms with E-state index in [1.165, 1.54) is 0 Å². The van der Waals surface area contributed by atoms with Crippen molar-refractivity contribution in [2.75, 3.05) is 6.61 Å². The van der Waals surface area contributed by atoms with Crippen molar-refractivity contribution in [2.45, 2.75) is 6.92 Å². The predicted octanol–water partition coefficient (Wildman–Crippen LogP) is 2.79. The third-order valence-electron chi connectivity index (χ3n) is 2.01. The third kappa shape index (κ3) is 1.37. The summed E-state index contributed by atoms with van der Waals surface area (Å²) < 4.78 is 10.4. The van der Waals surface area contributed by atoms with Gasteiger partial charge in [0.15, 0.2) is 0 Å². The summed E-state index contributed by atoms with van der Waals surface area (Å²) in [5.41, 5.74) is 1.49. The summed E-state index contributed by atoms with van der Waals surface area (Å²) in [4.78, 5) is 0. The molecule has 1 heterocycles. The minimum absolute atomic E-state index is 0.164. The monoisotopic (exact) mass is 189 g/mol. The van der Waals surface area contributed by atoms with Crippen LogP contribution in [0.5, 0.6) is 0 Å². The van der Waals surface area contributed by atoms with Crippen LogP contribution in [-0.2, 0) is 4.74 Å². The minimum atomic E-state index is 0.164. The number of ether oxygens (including phenoxy) is 1. The number of nitrogens with one attached hydrogen (secondary N) is 1. The van der Waals surface area contributed by atoms with Crippen molar-refractivity contribution >= 4 is 16.9 Å². The topological polar surface area (TPSA) is 46.2 Å². The van der Waals surface area contributed by atoms with Crippen molar-refractivity contribution in [1.29, 1.82) is 5.41 Å². The van der Waals surface area contributed by atoms with Gasteiger partial charge in [-0.15, -0.1) is 0 Å². The molecule has 0 bridgehead atoms. The molecule has 1 aromatic heterocycles. The second-order valence-electron chi connectivity index (χ2n) is 2.91. The smallest absolute Gasteiger partial charge is 0.217 e. The van der Waals surface area contributed by atoms with E-state index in [9.17, 15) is 0 Å². The molecule has 0 atom stereocenters. The molecule has 1 N–H and O–H groups in total. The number of rotatable bonds is 2. The summed E-state index contributed by atoms with van der Waals surface area (Å²) in [6, 6.07) is 7.61. The summed E-state index contributed by atoms with van der Waals surface area (Å²) in [6.07, 6.45) is 1.56. The van der Waals surface area contributed by atoms with E-state index in [1.54, 1.807) is 6.26 Å². The molecule has 0 saturated heterocycles. The molecule has 0 aliphatic carbocycles. The van der Waals surface area contributed by atoms with Crippen LogP contribution in [0.2, 0.25) is 0 Å². The van der Waals surface area contributed by atoms with Gasteiger partial charge in [0, 0.05) is 5.39 Å². The van der Waals surface area contributed by atoms with Crippen molar-refractivity contribution in [3.63, 3.8) is 0 Å². The normalized spacial score (nSPS) is 10.4. The molecule has 2 aromatic rings. The molecular formula is C11H11NO2. The average molecular weight is 189 g/mol. The maximum atomic E-state index is 7.65. The predicted molar refractivity (Wildman–Crippen MR) is 54.7 cm³/mol. The summed E-state index contributed by atoms with van der Waals surface area (Å²) in [5.74, 6) is 0.164. The number of fused-ring (bicyclic) bond motifs is 1. The SMILES string of the molecule is CCOC(=N)c1coc2ccccc12. The first-order chi connectivity index (χ1) is 6.83. The quantitative estimate of drug-likeness (QED) is 0.583. The van der Waals surface area contributed by atoms with Gasteiger partial charge in [-0.2, -0.15) is 0 Å². The van der Waals surface area contributed by atoms with Crippen LogP contribution in [0.3, 0.4) is 0 Å². The van der Waals surface area contributed by atoms with Crippen molar-refractivity contribution in [1.82, 2.24) is 0 Å². The molecule has 0 aliphatic heterocycles. The van der Waals surface area contributed by atoms with Gasteiger partial charge in [0.2, 0.25) is 5.90 Å². The fourth-order valence-electron chi connectivity index (χ4n) is 1.38. The molecule has 14 heavy (non-hydrogen) atoms. The highest BCUT2D eigenvalue weighted by Gasteiger charge is 2.10. The Balaban J connectivity index is 2.47. The zero-order valence-electron chi connectivity index (χ0n) is 7.91. The van der Waals surface area contributed by atoms with Crippen molar-refractivity contribution in [3.8, 4) is 0 Å². The lowest BCUT2D eigenvalue weighted by Gasteiger charge is -2.01. The Labute approximate surface area is 81.8 Å². The molecule has 2 rings (SSSR count). The molecule has 0 saturated carbocycles. The molecule has 3 nitrogen and oxygen atoms in total. The maximum Gasteiger partial charge on any atom is 0.217 e. The second-order valence-corrected chi connectivity index (χ2v) is 2.91. The number of benzene rings is 1. The minimum Gasteiger partial charge on any atom is -0.478 e. The van der Waals surface area contributed by atoms with Crippen LogP contribution in [0.25, 0.3) is 11.0 Å². The Morgan fingerprint density at radius 3 is 3.00 bits per heavy atom. The lowest BCUT2D eigenvalue weighted by molar-refractivity contribution is 0.325. The molecule has 0 amide bonds. The largest absolute Gasteiger partial charge is 0.478 e. The standard InChI is InChI=1S/C11H11NO2/c1-2-13-11(12)9-7-14-10-6-4-3-5-8(9)10/h3-7,12H,2H2,1H3. The molecule has 3 heteroatoms. The summed E-state index contributed by atoms with van der Waals surface area (Å²) >= 11 is 0. The molecule has 1 aromatic carbocycles. The van der Waals surface area contributed by atoms with E-state index in [1.807, 2.05) is 31.2 Å². The lowest BCUT2D eigenvalue weighted by atomic mass is 10.2. The van der Waals surface area contributed by atoms with Gasteiger partial charge < -0.3 is 9.15 Å². The fourth-order valence-corrected chi connectivity index (χ4v) is 1.38. The third-order valence-corrected chi connectivity index (χ3v) is 2.01. The summed E-state index contributed by atoms with van der Waals surface area (Å²) in [6.45, 7) is 2.36. The zero-order chi connectivity index (χ0) is 9.97. The van der Waals surface area contributed by atoms with Gasteiger partial charge in [-0.3, -0.25) is 5.41 Å². The van der Waals surface area contributed by atoms with Gasteiger partial charge >= 0.3 is 0 Å². The van der Waals surface area contributed by atoms with Gasteiger partial charge in [0.1, 0.15) is 11.8 Å². The molecular weight excluding hydrogens is 178 g/mol. The van der Waals surface area contributed by atoms with Crippen LogP contribution >= 0.6 is 0 Å². The van der Waals surface area contributed by atoms with Crippen LogP contribution in [0.15, 0.2) is 34.9 Å². The number of para-hydroxylation sites is 1. The Hall–Kier alpha value is -1.77. The highest BCUT2D eigenvalue weighted by molar-refractivity contribution is 6.04.